The molecule has 1 aliphatic rings. The maximum atomic E-state index is 10.8. The summed E-state index contributed by atoms with van der Waals surface area (Å²) >= 11 is 0. The highest BCUT2D eigenvalue weighted by Crippen LogP contribution is 2.23. The standard InChI is InChI=1S/C16H22O4/c17-16(18)15-10-9-14(20-15)8-4-5-11-19-12-13-6-2-1-3-7-13/h1-3,6-7,14-15H,4-5,8-12H2,(H,17,18)/t14-,15+/m1/s1. The molecule has 0 saturated carbocycles. The molecule has 4 nitrogen and oxygen atoms in total. The van der Waals surface area contributed by atoms with Crippen molar-refractivity contribution in [3.63, 3.8) is 0 Å². The second-order valence-corrected chi connectivity index (χ2v) is 5.20. The van der Waals surface area contributed by atoms with Crippen LogP contribution in [0.25, 0.3) is 0 Å². The van der Waals surface area contributed by atoms with Crippen LogP contribution in [0.3, 0.4) is 0 Å². The first-order valence-corrected chi connectivity index (χ1v) is 7.25. The van der Waals surface area contributed by atoms with Crippen molar-refractivity contribution in [2.24, 2.45) is 0 Å². The van der Waals surface area contributed by atoms with E-state index in [-0.39, 0.29) is 6.10 Å². The Hall–Kier alpha value is -1.39. The molecule has 1 N–H and O–H groups in total. The van der Waals surface area contributed by atoms with E-state index in [1.165, 1.54) is 5.56 Å². The number of hydrogen-bond acceptors (Lipinski definition) is 3. The van der Waals surface area contributed by atoms with Crippen molar-refractivity contribution in [3.8, 4) is 0 Å². The number of carboxylic acids is 1. The molecule has 0 amide bonds. The summed E-state index contributed by atoms with van der Waals surface area (Å²) in [6, 6.07) is 10.1. The van der Waals surface area contributed by atoms with Gasteiger partial charge in [0.05, 0.1) is 12.7 Å². The fourth-order valence-electron chi connectivity index (χ4n) is 2.44. The van der Waals surface area contributed by atoms with Gasteiger partial charge in [0, 0.05) is 6.61 Å². The van der Waals surface area contributed by atoms with E-state index in [1.807, 2.05) is 18.2 Å². The van der Waals surface area contributed by atoms with Crippen molar-refractivity contribution in [2.45, 2.75) is 50.9 Å². The minimum absolute atomic E-state index is 0.116. The smallest absolute Gasteiger partial charge is 0.332 e. The molecule has 20 heavy (non-hydrogen) atoms. The summed E-state index contributed by atoms with van der Waals surface area (Å²) in [4.78, 5) is 10.8. The first-order valence-electron chi connectivity index (χ1n) is 7.25. The summed E-state index contributed by atoms with van der Waals surface area (Å²) in [6.07, 6.45) is 3.97. The van der Waals surface area contributed by atoms with Gasteiger partial charge in [0.25, 0.3) is 0 Å². The van der Waals surface area contributed by atoms with Crippen LogP contribution in [0.2, 0.25) is 0 Å². The second-order valence-electron chi connectivity index (χ2n) is 5.20. The Balaban J connectivity index is 1.49. The number of hydrogen-bond donors (Lipinski definition) is 1. The van der Waals surface area contributed by atoms with E-state index < -0.39 is 12.1 Å². The summed E-state index contributed by atoms with van der Waals surface area (Å²) in [6.45, 7) is 1.39. The van der Waals surface area contributed by atoms with Crippen LogP contribution in [0.15, 0.2) is 30.3 Å². The van der Waals surface area contributed by atoms with Gasteiger partial charge in [-0.25, -0.2) is 4.79 Å². The van der Waals surface area contributed by atoms with Gasteiger partial charge in [-0.05, 0) is 37.7 Å². The van der Waals surface area contributed by atoms with E-state index in [0.717, 1.165) is 32.3 Å². The molecular formula is C16H22O4. The van der Waals surface area contributed by atoms with Gasteiger partial charge >= 0.3 is 5.97 Å². The fraction of sp³-hybridized carbons (Fsp3) is 0.562. The summed E-state index contributed by atoms with van der Waals surface area (Å²) in [5, 5.41) is 8.84. The zero-order valence-corrected chi connectivity index (χ0v) is 11.7. The number of carboxylic acid groups (broad SMARTS) is 1. The Labute approximate surface area is 119 Å². The minimum atomic E-state index is -0.835. The van der Waals surface area contributed by atoms with Gasteiger partial charge in [0.1, 0.15) is 0 Å². The molecule has 110 valence electrons. The zero-order chi connectivity index (χ0) is 14.2. The first-order chi connectivity index (χ1) is 9.75. The normalized spacial score (nSPS) is 22.0. The number of ether oxygens (including phenoxy) is 2. The van der Waals surface area contributed by atoms with Gasteiger partial charge in [-0.15, -0.1) is 0 Å². The van der Waals surface area contributed by atoms with E-state index in [9.17, 15) is 4.79 Å². The van der Waals surface area contributed by atoms with Crippen molar-refractivity contribution in [1.29, 1.82) is 0 Å². The summed E-state index contributed by atoms with van der Waals surface area (Å²) in [7, 11) is 0. The van der Waals surface area contributed by atoms with Crippen LogP contribution >= 0.6 is 0 Å². The molecule has 0 bridgehead atoms. The summed E-state index contributed by atoms with van der Waals surface area (Å²) < 4.78 is 11.1. The molecule has 0 aliphatic carbocycles. The molecule has 0 radical (unpaired) electrons. The topological polar surface area (TPSA) is 55.8 Å². The lowest BCUT2D eigenvalue weighted by molar-refractivity contribution is -0.149. The lowest BCUT2D eigenvalue weighted by Gasteiger charge is -2.11. The molecule has 0 spiro atoms. The number of unbranched alkanes of at least 4 members (excludes halogenated alkanes) is 1. The quantitative estimate of drug-likeness (QED) is 0.743. The molecule has 2 atom stereocenters. The Morgan fingerprint density at radius 2 is 2.05 bits per heavy atom. The highest BCUT2D eigenvalue weighted by molar-refractivity contribution is 5.72. The van der Waals surface area contributed by atoms with Crippen LogP contribution < -0.4 is 0 Å². The lowest BCUT2D eigenvalue weighted by Crippen LogP contribution is -2.20. The lowest BCUT2D eigenvalue weighted by atomic mass is 10.1. The number of benzene rings is 1. The van der Waals surface area contributed by atoms with Crippen LogP contribution in [0.4, 0.5) is 0 Å². The number of rotatable bonds is 8. The third-order valence-corrected chi connectivity index (χ3v) is 3.56. The van der Waals surface area contributed by atoms with Crippen LogP contribution in [0.5, 0.6) is 0 Å². The van der Waals surface area contributed by atoms with Crippen LogP contribution in [-0.4, -0.2) is 29.9 Å². The van der Waals surface area contributed by atoms with Crippen molar-refractivity contribution in [1.82, 2.24) is 0 Å². The Bertz CT molecular complexity index is 404. The van der Waals surface area contributed by atoms with Gasteiger partial charge in [-0.1, -0.05) is 30.3 Å². The zero-order valence-electron chi connectivity index (χ0n) is 11.7. The molecule has 4 heteroatoms. The predicted octanol–water partition coefficient (Wildman–Crippen LogP) is 3.01. The maximum absolute atomic E-state index is 10.8. The van der Waals surface area contributed by atoms with Crippen molar-refractivity contribution >= 4 is 5.97 Å². The minimum Gasteiger partial charge on any atom is -0.479 e. The number of aliphatic carboxylic acids is 1. The predicted molar refractivity (Wildman–Crippen MR) is 75.5 cm³/mol. The third kappa shape index (κ3) is 4.94. The Morgan fingerprint density at radius 3 is 2.75 bits per heavy atom. The molecule has 1 aromatic carbocycles. The SMILES string of the molecule is O=C(O)[C@@H]1CC[C@@H](CCCCOCc2ccccc2)O1. The average molecular weight is 278 g/mol. The van der Waals surface area contributed by atoms with E-state index in [2.05, 4.69) is 12.1 Å². The Kier molecular flexibility index (Phi) is 6.02. The first kappa shape index (κ1) is 15.0. The monoisotopic (exact) mass is 278 g/mol. The summed E-state index contributed by atoms with van der Waals surface area (Å²) in [5.41, 5.74) is 1.19. The highest BCUT2D eigenvalue weighted by Gasteiger charge is 2.29. The van der Waals surface area contributed by atoms with E-state index in [0.29, 0.717) is 13.0 Å². The van der Waals surface area contributed by atoms with Gasteiger partial charge < -0.3 is 14.6 Å². The van der Waals surface area contributed by atoms with E-state index in [1.54, 1.807) is 0 Å². The molecule has 0 aromatic heterocycles. The maximum Gasteiger partial charge on any atom is 0.332 e. The fourth-order valence-corrected chi connectivity index (χ4v) is 2.44. The molecule has 1 aromatic rings. The largest absolute Gasteiger partial charge is 0.479 e. The average Bonchev–Trinajstić information content (AvgIpc) is 2.93. The second kappa shape index (κ2) is 8.02. The van der Waals surface area contributed by atoms with Crippen LogP contribution in [0, 0.1) is 0 Å². The number of carbonyl (C=O) groups is 1. The molecule has 0 unspecified atom stereocenters. The molecule has 1 aliphatic heterocycles. The van der Waals surface area contributed by atoms with Gasteiger partial charge in [0.2, 0.25) is 0 Å². The van der Waals surface area contributed by atoms with Gasteiger partial charge in [-0.3, -0.25) is 0 Å². The molecule has 1 saturated heterocycles. The molecular weight excluding hydrogens is 256 g/mol. The van der Waals surface area contributed by atoms with Crippen LogP contribution in [0.1, 0.15) is 37.7 Å². The highest BCUT2D eigenvalue weighted by atomic mass is 16.5. The van der Waals surface area contributed by atoms with Crippen molar-refractivity contribution in [3.05, 3.63) is 35.9 Å². The van der Waals surface area contributed by atoms with Crippen LogP contribution in [-0.2, 0) is 20.9 Å². The van der Waals surface area contributed by atoms with Crippen molar-refractivity contribution in [2.75, 3.05) is 6.61 Å². The molecule has 2 rings (SSSR count). The van der Waals surface area contributed by atoms with Crippen molar-refractivity contribution < 1.29 is 19.4 Å². The third-order valence-electron chi connectivity index (χ3n) is 3.56. The Morgan fingerprint density at radius 1 is 1.25 bits per heavy atom. The summed E-state index contributed by atoms with van der Waals surface area (Å²) in [5.74, 6) is -0.835. The van der Waals surface area contributed by atoms with Gasteiger partial charge in [-0.2, -0.15) is 0 Å². The molecule has 1 fully saturated rings. The van der Waals surface area contributed by atoms with Gasteiger partial charge in [0.15, 0.2) is 6.10 Å². The van der Waals surface area contributed by atoms with E-state index >= 15 is 0 Å². The van der Waals surface area contributed by atoms with E-state index in [4.69, 9.17) is 14.6 Å². The molecule has 1 heterocycles.